The van der Waals surface area contributed by atoms with Gasteiger partial charge in [-0.1, -0.05) is 30.3 Å². The Hall–Kier alpha value is -5.31. The molecule has 1 atom stereocenters. The van der Waals surface area contributed by atoms with E-state index in [0.717, 1.165) is 11.1 Å². The number of hydrogen-bond donors (Lipinski definition) is 1. The van der Waals surface area contributed by atoms with Gasteiger partial charge in [0.25, 0.3) is 11.7 Å². The molecule has 4 aromatic rings. The second kappa shape index (κ2) is 12.3. The number of carbonyl (C=O) groups is 2. The molecule has 8 nitrogen and oxygen atoms in total. The number of ether oxygens (including phenoxy) is 4. The van der Waals surface area contributed by atoms with Crippen molar-refractivity contribution in [3.8, 4) is 23.0 Å². The Morgan fingerprint density at radius 1 is 0.837 bits per heavy atom. The zero-order valence-electron chi connectivity index (χ0n) is 24.1. The molecule has 1 amide bonds. The molecule has 5 rings (SSSR count). The van der Waals surface area contributed by atoms with E-state index in [1.54, 1.807) is 30.3 Å². The molecule has 0 aliphatic carbocycles. The molecule has 1 heterocycles. The average Bonchev–Trinajstić information content (AvgIpc) is 3.29. The average molecular weight is 584 g/mol. The molecular weight excluding hydrogens is 553 g/mol. The lowest BCUT2D eigenvalue weighted by Gasteiger charge is -2.26. The highest BCUT2D eigenvalue weighted by molar-refractivity contribution is 6.51. The van der Waals surface area contributed by atoms with Crippen molar-refractivity contribution in [1.82, 2.24) is 0 Å². The summed E-state index contributed by atoms with van der Waals surface area (Å²) in [6.45, 7) is 2.18. The Morgan fingerprint density at radius 3 is 2.07 bits per heavy atom. The van der Waals surface area contributed by atoms with Gasteiger partial charge in [-0.25, -0.2) is 4.39 Å². The van der Waals surface area contributed by atoms with Crippen LogP contribution >= 0.6 is 0 Å². The number of nitrogens with zero attached hydrogens (tertiary/aromatic N) is 1. The van der Waals surface area contributed by atoms with Gasteiger partial charge < -0.3 is 24.1 Å². The lowest BCUT2D eigenvalue weighted by atomic mass is 9.94. The molecule has 43 heavy (non-hydrogen) atoms. The molecule has 4 aromatic carbocycles. The molecule has 0 saturated carbocycles. The SMILES string of the molecule is COc1cc(C2/C(=C(\O)c3ccc(OCc4ccccc4)c(C)c3)C(=O)C(=O)N2c2ccc(F)cc2)cc(OC)c1OC. The largest absolute Gasteiger partial charge is 0.507 e. The minimum Gasteiger partial charge on any atom is -0.507 e. The van der Waals surface area contributed by atoms with Crippen LogP contribution in [0, 0.1) is 12.7 Å². The molecule has 220 valence electrons. The van der Waals surface area contributed by atoms with E-state index >= 15 is 0 Å². The van der Waals surface area contributed by atoms with Crippen molar-refractivity contribution in [1.29, 1.82) is 0 Å². The third-order valence-electron chi connectivity index (χ3n) is 7.24. The number of carbonyl (C=O) groups excluding carboxylic acids is 2. The Balaban J connectivity index is 1.63. The van der Waals surface area contributed by atoms with Crippen molar-refractivity contribution in [2.75, 3.05) is 26.2 Å². The number of Topliss-reactive ketones (excluding diaryl/α,β-unsaturated/α-hetero) is 1. The molecule has 1 fully saturated rings. The van der Waals surface area contributed by atoms with Gasteiger partial charge in [0.1, 0.15) is 23.9 Å². The van der Waals surface area contributed by atoms with Gasteiger partial charge in [-0.3, -0.25) is 14.5 Å². The van der Waals surface area contributed by atoms with Gasteiger partial charge >= 0.3 is 0 Å². The van der Waals surface area contributed by atoms with Gasteiger partial charge in [0, 0.05) is 11.3 Å². The van der Waals surface area contributed by atoms with Crippen molar-refractivity contribution in [2.24, 2.45) is 0 Å². The van der Waals surface area contributed by atoms with Gasteiger partial charge in [0.15, 0.2) is 11.5 Å². The predicted octanol–water partition coefficient (Wildman–Crippen LogP) is 6.37. The molecular formula is C34H30FNO7. The normalized spacial score (nSPS) is 15.8. The molecule has 9 heteroatoms. The van der Waals surface area contributed by atoms with Crippen molar-refractivity contribution in [3.05, 3.63) is 119 Å². The molecule has 0 aromatic heterocycles. The molecule has 0 radical (unpaired) electrons. The van der Waals surface area contributed by atoms with E-state index in [0.29, 0.717) is 29.2 Å². The smallest absolute Gasteiger partial charge is 0.300 e. The third kappa shape index (κ3) is 5.61. The molecule has 1 aliphatic heterocycles. The number of rotatable bonds is 9. The second-order valence-electron chi connectivity index (χ2n) is 9.86. The van der Waals surface area contributed by atoms with Gasteiger partial charge in [0.2, 0.25) is 5.75 Å². The van der Waals surface area contributed by atoms with Gasteiger partial charge in [-0.15, -0.1) is 0 Å². The van der Waals surface area contributed by atoms with Crippen molar-refractivity contribution >= 4 is 23.1 Å². The molecule has 1 saturated heterocycles. The summed E-state index contributed by atoms with van der Waals surface area (Å²) in [7, 11) is 4.35. The zero-order valence-corrected chi connectivity index (χ0v) is 24.1. The number of amides is 1. The number of methoxy groups -OCH3 is 3. The third-order valence-corrected chi connectivity index (χ3v) is 7.24. The number of benzene rings is 4. The first-order valence-corrected chi connectivity index (χ1v) is 13.4. The van der Waals surface area contributed by atoms with E-state index < -0.39 is 23.5 Å². The summed E-state index contributed by atoms with van der Waals surface area (Å²) in [5.41, 5.74) is 2.55. The Bertz CT molecular complexity index is 1680. The fourth-order valence-corrected chi connectivity index (χ4v) is 5.12. The second-order valence-corrected chi connectivity index (χ2v) is 9.86. The van der Waals surface area contributed by atoms with Gasteiger partial charge in [-0.05, 0) is 78.2 Å². The van der Waals surface area contributed by atoms with Crippen LogP contribution in [-0.2, 0) is 16.2 Å². The quantitative estimate of drug-likeness (QED) is 0.139. The fourth-order valence-electron chi connectivity index (χ4n) is 5.12. The minimum atomic E-state index is -1.10. The maximum Gasteiger partial charge on any atom is 0.300 e. The Morgan fingerprint density at radius 2 is 1.49 bits per heavy atom. The highest BCUT2D eigenvalue weighted by Gasteiger charge is 2.47. The minimum absolute atomic E-state index is 0.152. The van der Waals surface area contributed by atoms with Crippen LogP contribution in [0.4, 0.5) is 10.1 Å². The summed E-state index contributed by atoms with van der Waals surface area (Å²) >= 11 is 0. The first-order chi connectivity index (χ1) is 20.8. The topological polar surface area (TPSA) is 94.5 Å². The van der Waals surface area contributed by atoms with Gasteiger partial charge in [-0.2, -0.15) is 0 Å². The number of aliphatic hydroxyl groups is 1. The summed E-state index contributed by atoms with van der Waals surface area (Å²) in [6, 6.07) is 22.0. The van der Waals surface area contributed by atoms with E-state index in [9.17, 15) is 19.1 Å². The first kappa shape index (κ1) is 29.2. The van der Waals surface area contributed by atoms with Crippen LogP contribution in [0.15, 0.2) is 90.5 Å². The number of halogens is 1. The van der Waals surface area contributed by atoms with E-state index in [1.165, 1.54) is 50.5 Å². The van der Waals surface area contributed by atoms with Crippen LogP contribution in [-0.4, -0.2) is 38.1 Å². The fraction of sp³-hybridized carbons (Fsp3) is 0.176. The lowest BCUT2D eigenvalue weighted by Crippen LogP contribution is -2.29. The van der Waals surface area contributed by atoms with Crippen LogP contribution in [0.5, 0.6) is 23.0 Å². The summed E-state index contributed by atoms with van der Waals surface area (Å²) in [5, 5.41) is 11.6. The summed E-state index contributed by atoms with van der Waals surface area (Å²) < 4.78 is 36.3. The Labute approximate surface area is 248 Å². The molecule has 1 N–H and O–H groups in total. The monoisotopic (exact) mass is 583 g/mol. The highest BCUT2D eigenvalue weighted by Crippen LogP contribution is 2.47. The number of aliphatic hydroxyl groups excluding tert-OH is 1. The van der Waals surface area contributed by atoms with Crippen molar-refractivity contribution < 1.29 is 38.0 Å². The standard InChI is InChI=1S/C34H30FNO7/c1-20-16-22(10-15-26(20)43-19-21-8-6-5-7-9-21)31(37)29-30(23-17-27(40-2)33(42-4)28(18-23)41-3)36(34(39)32(29)38)25-13-11-24(35)12-14-25/h5-18,30,37H,19H2,1-4H3/b31-29+. The van der Waals surface area contributed by atoms with Crippen LogP contribution in [0.1, 0.15) is 28.3 Å². The maximum absolute atomic E-state index is 13.8. The van der Waals surface area contributed by atoms with Crippen LogP contribution in [0.25, 0.3) is 5.76 Å². The lowest BCUT2D eigenvalue weighted by molar-refractivity contribution is -0.132. The number of ketones is 1. The van der Waals surface area contributed by atoms with E-state index in [-0.39, 0.29) is 28.5 Å². The molecule has 1 unspecified atom stereocenters. The summed E-state index contributed by atoms with van der Waals surface area (Å²) in [6.07, 6.45) is 0. The van der Waals surface area contributed by atoms with E-state index in [4.69, 9.17) is 18.9 Å². The highest BCUT2D eigenvalue weighted by atomic mass is 19.1. The summed E-state index contributed by atoms with van der Waals surface area (Å²) in [5.74, 6) is -1.17. The molecule has 1 aliphatic rings. The number of anilines is 1. The van der Waals surface area contributed by atoms with Crippen LogP contribution in [0.2, 0.25) is 0 Å². The van der Waals surface area contributed by atoms with Crippen LogP contribution in [0.3, 0.4) is 0 Å². The van der Waals surface area contributed by atoms with E-state index in [1.807, 2.05) is 37.3 Å². The van der Waals surface area contributed by atoms with E-state index in [2.05, 4.69) is 0 Å². The first-order valence-electron chi connectivity index (χ1n) is 13.4. The van der Waals surface area contributed by atoms with Gasteiger partial charge in [0.05, 0.1) is 32.9 Å². The van der Waals surface area contributed by atoms with Crippen molar-refractivity contribution in [2.45, 2.75) is 19.6 Å². The zero-order chi connectivity index (χ0) is 30.7. The predicted molar refractivity (Wildman–Crippen MR) is 159 cm³/mol. The number of aryl methyl sites for hydroxylation is 1. The molecule has 0 spiro atoms. The summed E-state index contributed by atoms with van der Waals surface area (Å²) in [4.78, 5) is 28.3. The Kier molecular flexibility index (Phi) is 8.34. The maximum atomic E-state index is 13.8. The van der Waals surface area contributed by atoms with Crippen molar-refractivity contribution in [3.63, 3.8) is 0 Å². The number of hydrogen-bond acceptors (Lipinski definition) is 7. The molecule has 0 bridgehead atoms. The van der Waals surface area contributed by atoms with Crippen LogP contribution < -0.4 is 23.8 Å².